The number of rotatable bonds is 8. The van der Waals surface area contributed by atoms with Crippen molar-refractivity contribution in [1.29, 1.82) is 0 Å². The number of aromatic hydroxyl groups is 1. The van der Waals surface area contributed by atoms with Crippen LogP contribution in [0.2, 0.25) is 0 Å². The Kier molecular flexibility index (Phi) is 7.54. The molecule has 30 heavy (non-hydrogen) atoms. The number of carbonyl (C=O) groups excluding carboxylic acids is 2. The minimum atomic E-state index is -0.879. The maximum atomic E-state index is 11.5. The van der Waals surface area contributed by atoms with Gasteiger partial charge in [-0.1, -0.05) is 24.3 Å². The first-order chi connectivity index (χ1) is 13.8. The minimum absolute atomic E-state index is 0. The van der Waals surface area contributed by atoms with Gasteiger partial charge in [0.15, 0.2) is 0 Å². The molecule has 0 saturated carbocycles. The van der Waals surface area contributed by atoms with Gasteiger partial charge in [0.25, 0.3) is 11.8 Å². The molecule has 160 valence electrons. The molecule has 0 bridgehead atoms. The average molecular weight is 416 g/mol. The Morgan fingerprint density at radius 3 is 2.20 bits per heavy atom. The SMILES string of the molecule is CC(Cc1ccc(OC2=C(O)C(=O)NC2=O)cc1)NCC(O)c1ccc(O)cc1.O. The first-order valence-corrected chi connectivity index (χ1v) is 9.09. The second-order valence-electron chi connectivity index (χ2n) is 6.83. The maximum Gasteiger partial charge on any atom is 0.298 e. The van der Waals surface area contributed by atoms with E-state index in [0.29, 0.717) is 18.7 Å². The van der Waals surface area contributed by atoms with Gasteiger partial charge in [-0.05, 0) is 48.7 Å². The van der Waals surface area contributed by atoms with Gasteiger partial charge < -0.3 is 30.8 Å². The lowest BCUT2D eigenvalue weighted by Gasteiger charge is -2.18. The van der Waals surface area contributed by atoms with Crippen molar-refractivity contribution in [2.75, 3.05) is 6.54 Å². The molecule has 2 amide bonds. The third-order valence-corrected chi connectivity index (χ3v) is 4.49. The summed E-state index contributed by atoms with van der Waals surface area (Å²) in [5, 5.41) is 34.3. The molecule has 1 heterocycles. The Bertz CT molecular complexity index is 923. The Labute approximate surface area is 172 Å². The number of benzene rings is 2. The number of ether oxygens (including phenoxy) is 1. The summed E-state index contributed by atoms with van der Waals surface area (Å²) in [6.07, 6.45) is 0.00483. The number of aliphatic hydroxyl groups is 2. The van der Waals surface area contributed by atoms with Gasteiger partial charge >= 0.3 is 0 Å². The molecule has 1 aliphatic rings. The quantitative estimate of drug-likeness (QED) is 0.394. The third-order valence-electron chi connectivity index (χ3n) is 4.49. The molecule has 2 aromatic rings. The molecule has 0 fully saturated rings. The second kappa shape index (κ2) is 9.88. The van der Waals surface area contributed by atoms with E-state index in [4.69, 9.17) is 4.74 Å². The molecule has 2 unspecified atom stereocenters. The number of hydrogen-bond acceptors (Lipinski definition) is 7. The summed E-state index contributed by atoms with van der Waals surface area (Å²) in [6.45, 7) is 2.36. The van der Waals surface area contributed by atoms with Crippen LogP contribution in [0.1, 0.15) is 24.2 Å². The number of aliphatic hydroxyl groups excluding tert-OH is 2. The zero-order valence-electron chi connectivity index (χ0n) is 16.3. The molecule has 0 aromatic heterocycles. The van der Waals surface area contributed by atoms with Crippen LogP contribution in [0.4, 0.5) is 0 Å². The molecule has 2 atom stereocenters. The van der Waals surface area contributed by atoms with Crippen LogP contribution >= 0.6 is 0 Å². The highest BCUT2D eigenvalue weighted by atomic mass is 16.5. The van der Waals surface area contributed by atoms with E-state index in [1.54, 1.807) is 24.3 Å². The molecular weight excluding hydrogens is 392 g/mol. The van der Waals surface area contributed by atoms with Crippen molar-refractivity contribution in [2.24, 2.45) is 0 Å². The number of phenolic OH excluding ortho intramolecular Hbond substituents is 1. The van der Waals surface area contributed by atoms with Crippen molar-refractivity contribution in [2.45, 2.75) is 25.5 Å². The number of imide groups is 1. The fourth-order valence-corrected chi connectivity index (χ4v) is 2.89. The van der Waals surface area contributed by atoms with Crippen LogP contribution in [0.5, 0.6) is 11.5 Å². The Balaban J connectivity index is 0.00000320. The fraction of sp³-hybridized carbons (Fsp3) is 0.238. The molecule has 0 saturated heterocycles. The van der Waals surface area contributed by atoms with Crippen molar-refractivity contribution < 1.29 is 35.1 Å². The summed E-state index contributed by atoms with van der Waals surface area (Å²) in [6, 6.07) is 13.4. The first kappa shape index (κ1) is 22.9. The average Bonchev–Trinajstić information content (AvgIpc) is 2.94. The Morgan fingerprint density at radius 1 is 1.00 bits per heavy atom. The molecule has 9 heteroatoms. The standard InChI is InChI=1S/C21H22N2O6.H2O/c1-12(22-11-17(25)14-4-6-15(24)7-5-14)10-13-2-8-16(9-3-13)29-19-18(26)20(27)23-21(19)28;/h2-9,12,17,22,24-25H,10-11H2,1H3,(H2,23,26,27,28);1H2. The number of phenols is 1. The van der Waals surface area contributed by atoms with Crippen LogP contribution in [0, 0.1) is 0 Å². The van der Waals surface area contributed by atoms with Crippen LogP contribution in [0.3, 0.4) is 0 Å². The van der Waals surface area contributed by atoms with Crippen molar-refractivity contribution in [1.82, 2.24) is 10.6 Å². The lowest BCUT2D eigenvalue weighted by molar-refractivity contribution is -0.125. The predicted molar refractivity (Wildman–Crippen MR) is 108 cm³/mol. The Morgan fingerprint density at radius 2 is 1.63 bits per heavy atom. The van der Waals surface area contributed by atoms with Crippen molar-refractivity contribution in [3.05, 3.63) is 71.2 Å². The highest BCUT2D eigenvalue weighted by Gasteiger charge is 2.32. The van der Waals surface area contributed by atoms with E-state index in [0.717, 1.165) is 11.1 Å². The monoisotopic (exact) mass is 416 g/mol. The number of amides is 2. The van der Waals surface area contributed by atoms with Gasteiger partial charge in [-0.3, -0.25) is 14.9 Å². The molecule has 0 spiro atoms. The van der Waals surface area contributed by atoms with Crippen LogP contribution in [-0.2, 0) is 16.0 Å². The van der Waals surface area contributed by atoms with E-state index < -0.39 is 29.4 Å². The molecule has 1 aliphatic heterocycles. The predicted octanol–water partition coefficient (Wildman–Crippen LogP) is 0.626. The highest BCUT2D eigenvalue weighted by molar-refractivity contribution is 6.17. The minimum Gasteiger partial charge on any atom is -0.508 e. The van der Waals surface area contributed by atoms with Crippen LogP contribution in [0.15, 0.2) is 60.0 Å². The molecule has 3 rings (SSSR count). The van der Waals surface area contributed by atoms with E-state index in [-0.39, 0.29) is 17.3 Å². The smallest absolute Gasteiger partial charge is 0.298 e. The van der Waals surface area contributed by atoms with Gasteiger partial charge in [-0.2, -0.15) is 0 Å². The molecule has 2 aromatic carbocycles. The van der Waals surface area contributed by atoms with E-state index in [9.17, 15) is 24.9 Å². The van der Waals surface area contributed by atoms with Gasteiger partial charge in [0.1, 0.15) is 11.5 Å². The van der Waals surface area contributed by atoms with Gasteiger partial charge in [0.2, 0.25) is 11.5 Å². The summed E-state index contributed by atoms with van der Waals surface area (Å²) in [5.74, 6) is -2.33. The second-order valence-corrected chi connectivity index (χ2v) is 6.83. The Hall–Kier alpha value is -3.40. The fourth-order valence-electron chi connectivity index (χ4n) is 2.89. The maximum absolute atomic E-state index is 11.5. The van der Waals surface area contributed by atoms with Crippen molar-refractivity contribution >= 4 is 11.8 Å². The zero-order valence-corrected chi connectivity index (χ0v) is 16.3. The van der Waals surface area contributed by atoms with Crippen molar-refractivity contribution in [3.63, 3.8) is 0 Å². The van der Waals surface area contributed by atoms with E-state index >= 15 is 0 Å². The molecule has 7 N–H and O–H groups in total. The van der Waals surface area contributed by atoms with Crippen molar-refractivity contribution in [3.8, 4) is 11.5 Å². The van der Waals surface area contributed by atoms with Gasteiger partial charge in [0.05, 0.1) is 6.10 Å². The normalized spacial score (nSPS) is 15.4. The molecule has 0 aliphatic carbocycles. The molecular formula is C21H24N2O7. The summed E-state index contributed by atoms with van der Waals surface area (Å²) in [5.41, 5.74) is 1.72. The highest BCUT2D eigenvalue weighted by Crippen LogP contribution is 2.20. The summed E-state index contributed by atoms with van der Waals surface area (Å²) in [4.78, 5) is 22.8. The van der Waals surface area contributed by atoms with E-state index in [1.807, 2.05) is 24.4 Å². The number of carbonyl (C=O) groups is 2. The van der Waals surface area contributed by atoms with Crippen LogP contribution < -0.4 is 15.4 Å². The first-order valence-electron chi connectivity index (χ1n) is 9.09. The topological polar surface area (TPSA) is 160 Å². The summed E-state index contributed by atoms with van der Waals surface area (Å²) in [7, 11) is 0. The van der Waals surface area contributed by atoms with E-state index in [2.05, 4.69) is 5.32 Å². The molecule has 9 nitrogen and oxygen atoms in total. The largest absolute Gasteiger partial charge is 0.508 e. The van der Waals surface area contributed by atoms with Crippen LogP contribution in [0.25, 0.3) is 0 Å². The molecule has 0 radical (unpaired) electrons. The third kappa shape index (κ3) is 5.57. The zero-order chi connectivity index (χ0) is 21.0. The summed E-state index contributed by atoms with van der Waals surface area (Å²) >= 11 is 0. The lowest BCUT2D eigenvalue weighted by Crippen LogP contribution is -2.32. The van der Waals surface area contributed by atoms with Gasteiger partial charge in [-0.15, -0.1) is 0 Å². The number of nitrogens with one attached hydrogen (secondary N) is 2. The summed E-state index contributed by atoms with van der Waals surface area (Å²) < 4.78 is 5.30. The number of hydrogen-bond donors (Lipinski definition) is 5. The van der Waals surface area contributed by atoms with Gasteiger partial charge in [0, 0.05) is 12.6 Å². The lowest BCUT2D eigenvalue weighted by atomic mass is 10.1. The van der Waals surface area contributed by atoms with Gasteiger partial charge in [-0.25, -0.2) is 0 Å². The van der Waals surface area contributed by atoms with E-state index in [1.165, 1.54) is 12.1 Å². The van der Waals surface area contributed by atoms with Crippen LogP contribution in [-0.4, -0.2) is 45.2 Å².